The Balaban J connectivity index is 2.76. The number of aromatic nitrogens is 2. The van der Waals surface area contributed by atoms with Crippen molar-refractivity contribution >= 4 is 11.8 Å². The molecule has 3 N–H and O–H groups in total. The van der Waals surface area contributed by atoms with Crippen LogP contribution in [0, 0.1) is 0 Å². The summed E-state index contributed by atoms with van der Waals surface area (Å²) in [6.45, 7) is 0.536. The Hall–Kier alpha value is -1.61. The first kappa shape index (κ1) is 15.4. The average Bonchev–Trinajstić information content (AvgIpc) is 2.32. The van der Waals surface area contributed by atoms with Crippen molar-refractivity contribution in [3.63, 3.8) is 0 Å². The summed E-state index contributed by atoms with van der Waals surface area (Å²) in [6.07, 6.45) is -4.88. The summed E-state index contributed by atoms with van der Waals surface area (Å²) in [5.74, 6) is -0.462. The molecule has 0 spiro atoms. The minimum absolute atomic E-state index is 0.0158. The van der Waals surface area contributed by atoms with Crippen molar-refractivity contribution < 1.29 is 22.6 Å². The second-order valence-electron chi connectivity index (χ2n) is 3.69. The number of nitrogens with one attached hydrogen (secondary N) is 1. The van der Waals surface area contributed by atoms with Gasteiger partial charge in [-0.3, -0.25) is 0 Å². The van der Waals surface area contributed by atoms with Crippen molar-refractivity contribution in [2.24, 2.45) is 0 Å². The lowest BCUT2D eigenvalue weighted by Gasteiger charge is -2.16. The van der Waals surface area contributed by atoms with Crippen LogP contribution >= 0.6 is 0 Å². The number of nitrogens with two attached hydrogens (primary N) is 1. The molecule has 0 bridgehead atoms. The van der Waals surface area contributed by atoms with Crippen LogP contribution in [0.4, 0.5) is 24.9 Å². The first-order chi connectivity index (χ1) is 8.86. The number of hydrogen-bond donors (Lipinski definition) is 2. The molecule has 0 aromatic carbocycles. The van der Waals surface area contributed by atoms with E-state index in [0.29, 0.717) is 6.61 Å². The van der Waals surface area contributed by atoms with Crippen molar-refractivity contribution in [1.82, 2.24) is 9.97 Å². The van der Waals surface area contributed by atoms with Crippen LogP contribution in [-0.4, -0.2) is 43.4 Å². The Labute approximate surface area is 108 Å². The van der Waals surface area contributed by atoms with Crippen LogP contribution in [0.15, 0.2) is 6.07 Å². The van der Waals surface area contributed by atoms with Gasteiger partial charge in [0.05, 0.1) is 12.7 Å². The fourth-order valence-corrected chi connectivity index (χ4v) is 1.32. The van der Waals surface area contributed by atoms with Gasteiger partial charge in [0.25, 0.3) is 0 Å². The summed E-state index contributed by atoms with van der Waals surface area (Å²) < 4.78 is 47.5. The summed E-state index contributed by atoms with van der Waals surface area (Å²) in [6, 6.07) is 0.788. The zero-order chi connectivity index (χ0) is 14.5. The third-order valence-electron chi connectivity index (χ3n) is 2.23. The van der Waals surface area contributed by atoms with Crippen molar-refractivity contribution in [2.75, 3.05) is 38.4 Å². The number of ether oxygens (including phenoxy) is 2. The normalized spacial score (nSPS) is 13.3. The molecule has 0 saturated carbocycles. The summed E-state index contributed by atoms with van der Waals surface area (Å²) in [5.41, 5.74) is 4.14. The summed E-state index contributed by atoms with van der Waals surface area (Å²) in [7, 11) is 2.97. The van der Waals surface area contributed by atoms with E-state index in [-0.39, 0.29) is 18.5 Å². The number of rotatable bonds is 6. The number of nitrogens with zero attached hydrogens (tertiary/aromatic N) is 2. The molecule has 9 heteroatoms. The molecule has 19 heavy (non-hydrogen) atoms. The zero-order valence-electron chi connectivity index (χ0n) is 10.5. The van der Waals surface area contributed by atoms with E-state index < -0.39 is 17.8 Å². The maximum absolute atomic E-state index is 12.5. The minimum Gasteiger partial charge on any atom is -0.382 e. The molecule has 0 saturated heterocycles. The van der Waals surface area contributed by atoms with Crippen LogP contribution in [0.25, 0.3) is 0 Å². The first-order valence-electron chi connectivity index (χ1n) is 5.34. The van der Waals surface area contributed by atoms with Gasteiger partial charge in [-0.25, -0.2) is 4.98 Å². The van der Waals surface area contributed by atoms with Gasteiger partial charge in [0.15, 0.2) is 5.69 Å². The number of alkyl halides is 3. The molecular weight excluding hydrogens is 265 g/mol. The second kappa shape index (κ2) is 6.53. The number of methoxy groups -OCH3 is 2. The van der Waals surface area contributed by atoms with E-state index in [1.54, 1.807) is 0 Å². The summed E-state index contributed by atoms with van der Waals surface area (Å²) in [5, 5.41) is 2.70. The lowest BCUT2D eigenvalue weighted by Crippen LogP contribution is -2.27. The van der Waals surface area contributed by atoms with E-state index in [1.807, 2.05) is 0 Å². The van der Waals surface area contributed by atoms with E-state index in [4.69, 9.17) is 15.2 Å². The van der Waals surface area contributed by atoms with Gasteiger partial charge >= 0.3 is 6.18 Å². The second-order valence-corrected chi connectivity index (χ2v) is 3.69. The Morgan fingerprint density at radius 1 is 1.37 bits per heavy atom. The largest absolute Gasteiger partial charge is 0.433 e. The van der Waals surface area contributed by atoms with Crippen LogP contribution in [0.1, 0.15) is 5.69 Å². The molecule has 0 radical (unpaired) electrons. The van der Waals surface area contributed by atoms with Gasteiger partial charge in [0.2, 0.25) is 5.95 Å². The van der Waals surface area contributed by atoms with Crippen LogP contribution in [0.3, 0.4) is 0 Å². The highest BCUT2D eigenvalue weighted by Gasteiger charge is 2.33. The summed E-state index contributed by atoms with van der Waals surface area (Å²) >= 11 is 0. The number of halogens is 3. The molecule has 108 valence electrons. The Kier molecular flexibility index (Phi) is 5.31. The smallest absolute Gasteiger partial charge is 0.382 e. The molecule has 1 unspecified atom stereocenters. The van der Waals surface area contributed by atoms with Crippen LogP contribution in [-0.2, 0) is 15.7 Å². The highest BCUT2D eigenvalue weighted by Crippen LogP contribution is 2.29. The van der Waals surface area contributed by atoms with Gasteiger partial charge in [0, 0.05) is 26.8 Å². The molecule has 1 aromatic rings. The minimum atomic E-state index is -4.57. The molecule has 1 heterocycles. The van der Waals surface area contributed by atoms with Gasteiger partial charge in [-0.2, -0.15) is 18.2 Å². The number of hydrogen-bond acceptors (Lipinski definition) is 6. The first-order valence-corrected chi connectivity index (χ1v) is 5.34. The molecule has 0 aliphatic heterocycles. The zero-order valence-corrected chi connectivity index (χ0v) is 10.5. The molecule has 1 rings (SSSR count). The predicted octanol–water partition coefficient (Wildman–Crippen LogP) is 1.15. The van der Waals surface area contributed by atoms with E-state index in [1.165, 1.54) is 14.2 Å². The Morgan fingerprint density at radius 3 is 2.58 bits per heavy atom. The average molecular weight is 280 g/mol. The number of nitrogen functional groups attached to an aromatic ring is 1. The number of anilines is 2. The van der Waals surface area contributed by atoms with Crippen molar-refractivity contribution in [3.05, 3.63) is 11.8 Å². The third kappa shape index (κ3) is 4.87. The van der Waals surface area contributed by atoms with E-state index in [9.17, 15) is 13.2 Å². The molecule has 1 atom stereocenters. The SMILES string of the molecule is COCC(CNc1cc(C(F)(F)F)nc(N)n1)OC. The molecule has 0 amide bonds. The van der Waals surface area contributed by atoms with Crippen molar-refractivity contribution in [3.8, 4) is 0 Å². The van der Waals surface area contributed by atoms with E-state index in [2.05, 4.69) is 15.3 Å². The topological polar surface area (TPSA) is 82.3 Å². The lowest BCUT2D eigenvalue weighted by molar-refractivity contribution is -0.141. The van der Waals surface area contributed by atoms with Gasteiger partial charge in [-0.1, -0.05) is 0 Å². The fraction of sp³-hybridized carbons (Fsp3) is 0.600. The van der Waals surface area contributed by atoms with Gasteiger partial charge in [-0.15, -0.1) is 0 Å². The molecule has 1 aromatic heterocycles. The maximum Gasteiger partial charge on any atom is 0.433 e. The third-order valence-corrected chi connectivity index (χ3v) is 2.23. The van der Waals surface area contributed by atoms with Gasteiger partial charge < -0.3 is 20.5 Å². The Morgan fingerprint density at radius 2 is 2.05 bits per heavy atom. The predicted molar refractivity (Wildman–Crippen MR) is 62.6 cm³/mol. The molecule has 0 aliphatic rings. The molecule has 0 aliphatic carbocycles. The summed E-state index contributed by atoms with van der Waals surface area (Å²) in [4.78, 5) is 6.81. The van der Waals surface area contributed by atoms with E-state index in [0.717, 1.165) is 6.07 Å². The standard InChI is InChI=1S/C10H15F3N4O2/c1-18-5-6(19-2)4-15-8-3-7(10(11,12)13)16-9(14)17-8/h3,6H,4-5H2,1-2H3,(H3,14,15,16,17). The van der Waals surface area contributed by atoms with Gasteiger partial charge in [0.1, 0.15) is 5.82 Å². The lowest BCUT2D eigenvalue weighted by atomic mass is 10.3. The van der Waals surface area contributed by atoms with E-state index >= 15 is 0 Å². The monoisotopic (exact) mass is 280 g/mol. The van der Waals surface area contributed by atoms with Crippen LogP contribution in [0.5, 0.6) is 0 Å². The molecule has 6 nitrogen and oxygen atoms in total. The van der Waals surface area contributed by atoms with Gasteiger partial charge in [-0.05, 0) is 0 Å². The highest BCUT2D eigenvalue weighted by atomic mass is 19.4. The van der Waals surface area contributed by atoms with Crippen LogP contribution in [0.2, 0.25) is 0 Å². The van der Waals surface area contributed by atoms with Crippen LogP contribution < -0.4 is 11.1 Å². The quantitative estimate of drug-likeness (QED) is 0.813. The van der Waals surface area contributed by atoms with Crippen molar-refractivity contribution in [2.45, 2.75) is 12.3 Å². The molecule has 0 fully saturated rings. The maximum atomic E-state index is 12.5. The highest BCUT2D eigenvalue weighted by molar-refractivity contribution is 5.41. The van der Waals surface area contributed by atoms with Crippen molar-refractivity contribution in [1.29, 1.82) is 0 Å². The Bertz CT molecular complexity index is 414. The molecular formula is C10H15F3N4O2. The fourth-order valence-electron chi connectivity index (χ4n) is 1.32.